The summed E-state index contributed by atoms with van der Waals surface area (Å²) in [5, 5.41) is 3.74. The molecule has 0 fully saturated rings. The van der Waals surface area contributed by atoms with Crippen LogP contribution in [0.3, 0.4) is 0 Å². The number of hydrogen-bond acceptors (Lipinski definition) is 2. The van der Waals surface area contributed by atoms with E-state index in [0.29, 0.717) is 0 Å². The number of anilines is 3. The van der Waals surface area contributed by atoms with Gasteiger partial charge >= 0.3 is 6.85 Å². The van der Waals surface area contributed by atoms with E-state index >= 15 is 0 Å². The third kappa shape index (κ3) is 5.58. The van der Waals surface area contributed by atoms with Crippen LogP contribution in [0.1, 0.15) is 86.1 Å². The van der Waals surface area contributed by atoms with Crippen LogP contribution in [0.25, 0.3) is 66.2 Å². The van der Waals surface area contributed by atoms with Gasteiger partial charge < -0.3 is 13.8 Å². The number of nitrogens with zero attached hydrogens (tertiary/aromatic N) is 2. The zero-order valence-corrected chi connectivity index (χ0v) is 38.3. The lowest BCUT2D eigenvalue weighted by Gasteiger charge is -2.41. The first-order valence-corrected chi connectivity index (χ1v) is 22.4. The molecule has 0 saturated carbocycles. The zero-order valence-electron chi connectivity index (χ0n) is 38.3. The summed E-state index contributed by atoms with van der Waals surface area (Å²) in [6, 6.07) is 42.6. The molecule has 3 nitrogen and oxygen atoms in total. The summed E-state index contributed by atoms with van der Waals surface area (Å²) in [5.41, 5.74) is 27.6. The molecular formula is C58H55BN2O. The monoisotopic (exact) mass is 806 g/mol. The molecule has 0 unspecified atom stereocenters. The van der Waals surface area contributed by atoms with E-state index in [0.717, 1.165) is 16.7 Å². The van der Waals surface area contributed by atoms with E-state index in [-0.39, 0.29) is 17.7 Å². The Morgan fingerprint density at radius 3 is 1.74 bits per heavy atom. The van der Waals surface area contributed by atoms with E-state index in [1.165, 1.54) is 122 Å². The van der Waals surface area contributed by atoms with Gasteiger partial charge in [-0.25, -0.2) is 0 Å². The molecule has 2 aliphatic rings. The van der Waals surface area contributed by atoms with Crippen molar-refractivity contribution in [1.82, 2.24) is 4.48 Å². The standard InChI is InChI=1S/C58H55BN2O/c1-32-23-34(3)51(35(4)24-32)38-13-17-43(18-14-38)60-49-19-15-39(52-36(5)25-33(2)26-37(52)6)27-47(49)59-54-50(60)28-40-21-22-62-56(40)53(54)46-31-42(58(10,11)12)30-45-44-29-41(57(7,8)9)16-20-48(44)61(59)55(45)46/h13-31H,1-12H3. The van der Waals surface area contributed by atoms with Crippen LogP contribution in [-0.4, -0.2) is 11.3 Å². The average molecular weight is 807 g/mol. The van der Waals surface area contributed by atoms with Gasteiger partial charge in [0.05, 0.1) is 6.26 Å². The smallest absolute Gasteiger partial charge is 0.333 e. The van der Waals surface area contributed by atoms with Crippen molar-refractivity contribution in [3.8, 4) is 33.4 Å². The summed E-state index contributed by atoms with van der Waals surface area (Å²) in [5.74, 6) is 0. The summed E-state index contributed by atoms with van der Waals surface area (Å²) in [6.07, 6.45) is 1.88. The maximum absolute atomic E-state index is 6.63. The minimum atomic E-state index is -0.0997. The molecule has 0 amide bonds. The molecule has 62 heavy (non-hydrogen) atoms. The first kappa shape index (κ1) is 38.7. The van der Waals surface area contributed by atoms with Crippen LogP contribution >= 0.6 is 0 Å². The first-order valence-electron chi connectivity index (χ1n) is 22.4. The molecule has 0 radical (unpaired) electrons. The highest BCUT2D eigenvalue weighted by atomic mass is 16.3. The van der Waals surface area contributed by atoms with Crippen LogP contribution in [0.4, 0.5) is 17.1 Å². The van der Waals surface area contributed by atoms with E-state index in [1.807, 2.05) is 6.26 Å². The van der Waals surface area contributed by atoms with Crippen LogP contribution in [0.2, 0.25) is 0 Å². The molecule has 0 N–H and O–H groups in total. The van der Waals surface area contributed by atoms with Gasteiger partial charge in [0.1, 0.15) is 5.58 Å². The van der Waals surface area contributed by atoms with E-state index in [9.17, 15) is 0 Å². The molecule has 2 aromatic heterocycles. The molecule has 0 bridgehead atoms. The van der Waals surface area contributed by atoms with Crippen LogP contribution < -0.4 is 15.8 Å². The van der Waals surface area contributed by atoms with Gasteiger partial charge in [-0.1, -0.05) is 107 Å². The molecule has 306 valence electrons. The van der Waals surface area contributed by atoms with E-state index in [1.54, 1.807) is 0 Å². The van der Waals surface area contributed by atoms with Crippen molar-refractivity contribution in [3.63, 3.8) is 0 Å². The number of fused-ring (bicyclic) bond motifs is 9. The van der Waals surface area contributed by atoms with Crippen LogP contribution in [-0.2, 0) is 10.8 Å². The molecule has 4 heterocycles. The maximum atomic E-state index is 6.63. The number of rotatable bonds is 3. The Morgan fingerprint density at radius 1 is 0.516 bits per heavy atom. The molecule has 2 aliphatic heterocycles. The van der Waals surface area contributed by atoms with Crippen LogP contribution in [0.5, 0.6) is 0 Å². The fraction of sp³-hybridized carbons (Fsp3) is 0.241. The molecule has 7 aromatic carbocycles. The predicted octanol–water partition coefficient (Wildman–Crippen LogP) is 14.7. The number of benzene rings is 7. The summed E-state index contributed by atoms with van der Waals surface area (Å²) in [6.45, 7) is 27.3. The maximum Gasteiger partial charge on any atom is 0.333 e. The van der Waals surface area contributed by atoms with Crippen molar-refractivity contribution in [1.29, 1.82) is 0 Å². The Kier molecular flexibility index (Phi) is 8.19. The lowest BCUT2D eigenvalue weighted by molar-refractivity contribution is 0.590. The molecule has 0 saturated heterocycles. The summed E-state index contributed by atoms with van der Waals surface area (Å²) in [7, 11) is 0. The number of aromatic nitrogens is 1. The number of hydrogen-bond donors (Lipinski definition) is 0. The Bertz CT molecular complexity index is 3330. The summed E-state index contributed by atoms with van der Waals surface area (Å²) in [4.78, 5) is 2.54. The van der Waals surface area contributed by atoms with Gasteiger partial charge in [-0.15, -0.1) is 0 Å². The third-order valence-electron chi connectivity index (χ3n) is 14.1. The minimum absolute atomic E-state index is 0.00667. The molecule has 0 atom stereocenters. The largest absolute Gasteiger partial charge is 0.464 e. The minimum Gasteiger partial charge on any atom is -0.464 e. The average Bonchev–Trinajstić information content (AvgIpc) is 3.81. The third-order valence-corrected chi connectivity index (χ3v) is 14.1. The van der Waals surface area contributed by atoms with Crippen LogP contribution in [0.15, 0.2) is 120 Å². The van der Waals surface area contributed by atoms with Crippen molar-refractivity contribution in [2.75, 3.05) is 4.90 Å². The van der Waals surface area contributed by atoms with Gasteiger partial charge in [-0.3, -0.25) is 0 Å². The normalized spacial score (nSPS) is 13.4. The van der Waals surface area contributed by atoms with Crippen LogP contribution in [0, 0.1) is 41.5 Å². The lowest BCUT2D eigenvalue weighted by Crippen LogP contribution is -2.56. The topological polar surface area (TPSA) is 21.3 Å². The zero-order chi connectivity index (χ0) is 43.3. The van der Waals surface area contributed by atoms with Gasteiger partial charge in [0.15, 0.2) is 0 Å². The second kappa shape index (κ2) is 13.1. The van der Waals surface area contributed by atoms with E-state index < -0.39 is 0 Å². The highest BCUT2D eigenvalue weighted by Gasteiger charge is 2.45. The van der Waals surface area contributed by atoms with Gasteiger partial charge in [0.25, 0.3) is 0 Å². The van der Waals surface area contributed by atoms with Gasteiger partial charge in [0, 0.05) is 55.4 Å². The van der Waals surface area contributed by atoms with E-state index in [4.69, 9.17) is 4.42 Å². The second-order valence-electron chi connectivity index (χ2n) is 20.7. The van der Waals surface area contributed by atoms with Crippen molar-refractivity contribution < 1.29 is 4.42 Å². The Morgan fingerprint density at radius 2 is 1.11 bits per heavy atom. The quantitative estimate of drug-likeness (QED) is 0.166. The molecule has 4 heteroatoms. The van der Waals surface area contributed by atoms with E-state index in [2.05, 4.69) is 202 Å². The van der Waals surface area contributed by atoms with Crippen molar-refractivity contribution in [3.05, 3.63) is 160 Å². The van der Waals surface area contributed by atoms with Crippen molar-refractivity contribution >= 4 is 67.6 Å². The highest BCUT2D eigenvalue weighted by molar-refractivity contribution is 6.90. The predicted molar refractivity (Wildman–Crippen MR) is 266 cm³/mol. The molecular weight excluding hydrogens is 751 g/mol. The Balaban J connectivity index is 1.27. The fourth-order valence-corrected chi connectivity index (χ4v) is 11.4. The Labute approximate surface area is 367 Å². The fourth-order valence-electron chi connectivity index (χ4n) is 11.4. The van der Waals surface area contributed by atoms with Gasteiger partial charge in [-0.05, 0) is 174 Å². The second-order valence-corrected chi connectivity index (χ2v) is 20.7. The molecule has 11 rings (SSSR count). The lowest BCUT2D eigenvalue weighted by atomic mass is 9.44. The first-order chi connectivity index (χ1) is 29.5. The Hall–Kier alpha value is -6.26. The van der Waals surface area contributed by atoms with Crippen molar-refractivity contribution in [2.45, 2.75) is 93.9 Å². The summed E-state index contributed by atoms with van der Waals surface area (Å²) < 4.78 is 9.32. The number of aryl methyl sites for hydroxylation is 6. The van der Waals surface area contributed by atoms with Crippen molar-refractivity contribution in [2.24, 2.45) is 0 Å². The molecule has 0 aliphatic carbocycles. The molecule has 0 spiro atoms. The highest BCUT2D eigenvalue weighted by Crippen LogP contribution is 2.50. The van der Waals surface area contributed by atoms with Gasteiger partial charge in [-0.2, -0.15) is 0 Å². The summed E-state index contributed by atoms with van der Waals surface area (Å²) >= 11 is 0. The molecule has 9 aromatic rings. The number of furan rings is 1. The van der Waals surface area contributed by atoms with Gasteiger partial charge in [0.2, 0.25) is 0 Å². The SMILES string of the molecule is Cc1cc(C)c(-c2ccc(N3c4ccc(-c5c(C)cc(C)cc5C)cc4B4c5c3cc3ccoc3c5-c3cc(C(C)(C)C)cc5c6cc(C(C)(C)C)ccc6n4c35)cc2)c(C)c1.